The van der Waals surface area contributed by atoms with E-state index in [9.17, 15) is 19.7 Å². The van der Waals surface area contributed by atoms with Crippen LogP contribution in [0.1, 0.15) is 12.7 Å². The highest BCUT2D eigenvalue weighted by atomic mass is 35.5. The van der Waals surface area contributed by atoms with E-state index >= 15 is 0 Å². The van der Waals surface area contributed by atoms with Crippen molar-refractivity contribution in [3.8, 4) is 11.3 Å². The van der Waals surface area contributed by atoms with Gasteiger partial charge in [0.05, 0.1) is 14.9 Å². The molecule has 26 heavy (non-hydrogen) atoms. The van der Waals surface area contributed by atoms with E-state index < -0.39 is 4.92 Å². The first-order valence-corrected chi connectivity index (χ1v) is 8.88. The van der Waals surface area contributed by atoms with Crippen LogP contribution >= 0.6 is 35.0 Å². The van der Waals surface area contributed by atoms with Crippen LogP contribution in [0.25, 0.3) is 17.4 Å². The Labute approximate surface area is 161 Å². The summed E-state index contributed by atoms with van der Waals surface area (Å²) < 4.78 is 5.62. The van der Waals surface area contributed by atoms with Gasteiger partial charge in [0.15, 0.2) is 0 Å². The van der Waals surface area contributed by atoms with Crippen LogP contribution in [0, 0.1) is 10.1 Å². The number of imide groups is 1. The molecule has 0 unspecified atom stereocenters. The molecule has 0 aliphatic carbocycles. The first-order chi connectivity index (χ1) is 12.3. The summed E-state index contributed by atoms with van der Waals surface area (Å²) >= 11 is 12.7. The Hall–Kier alpha value is -2.29. The molecule has 0 bridgehead atoms. The van der Waals surface area contributed by atoms with Gasteiger partial charge in [-0.3, -0.25) is 24.6 Å². The van der Waals surface area contributed by atoms with Crippen LogP contribution in [0.15, 0.2) is 33.6 Å². The van der Waals surface area contributed by atoms with Crippen molar-refractivity contribution in [1.82, 2.24) is 4.90 Å². The SMILES string of the molecule is CCN1C(=O)S/C(=C/c2ccc(-c3cc([N+](=O)[O-])c(Cl)cc3Cl)o2)C1=O. The second kappa shape index (κ2) is 7.14. The standard InChI is InChI=1S/C16H10Cl2N2O5S/c1-2-19-15(21)14(26-16(19)22)5-8-3-4-13(25-8)9-6-12(20(23)24)11(18)7-10(9)17/h3-7H,2H2,1H3/b14-5+. The van der Waals surface area contributed by atoms with Crippen molar-refractivity contribution in [2.75, 3.05) is 6.54 Å². The smallest absolute Gasteiger partial charge is 0.293 e. The maximum Gasteiger partial charge on any atom is 0.293 e. The zero-order valence-corrected chi connectivity index (χ0v) is 15.5. The van der Waals surface area contributed by atoms with Crippen LogP contribution in [-0.4, -0.2) is 27.5 Å². The van der Waals surface area contributed by atoms with Gasteiger partial charge in [0, 0.05) is 24.3 Å². The van der Waals surface area contributed by atoms with Crippen molar-refractivity contribution >= 4 is 57.9 Å². The zero-order valence-electron chi connectivity index (χ0n) is 13.2. The Balaban J connectivity index is 1.96. The molecule has 1 aromatic carbocycles. The van der Waals surface area contributed by atoms with E-state index in [0.29, 0.717) is 11.3 Å². The number of amides is 2. The van der Waals surface area contributed by atoms with Crippen LogP contribution in [0.3, 0.4) is 0 Å². The van der Waals surface area contributed by atoms with E-state index in [1.165, 1.54) is 18.2 Å². The summed E-state index contributed by atoms with van der Waals surface area (Å²) in [7, 11) is 0. The second-order valence-electron chi connectivity index (χ2n) is 5.17. The number of hydrogen-bond donors (Lipinski definition) is 0. The predicted molar refractivity (Wildman–Crippen MR) is 99.2 cm³/mol. The highest BCUT2D eigenvalue weighted by Gasteiger charge is 2.34. The van der Waals surface area contributed by atoms with Gasteiger partial charge >= 0.3 is 0 Å². The van der Waals surface area contributed by atoms with Gasteiger partial charge in [-0.1, -0.05) is 23.2 Å². The molecule has 0 atom stereocenters. The fourth-order valence-corrected chi connectivity index (χ4v) is 3.77. The average molecular weight is 413 g/mol. The van der Waals surface area contributed by atoms with Crippen LogP contribution in [0.5, 0.6) is 0 Å². The minimum atomic E-state index is -0.618. The molecule has 0 radical (unpaired) electrons. The summed E-state index contributed by atoms with van der Waals surface area (Å²) in [6, 6.07) is 5.63. The van der Waals surface area contributed by atoms with Crippen molar-refractivity contribution < 1.29 is 18.9 Å². The van der Waals surface area contributed by atoms with E-state index in [0.717, 1.165) is 16.7 Å². The highest BCUT2D eigenvalue weighted by molar-refractivity contribution is 8.18. The number of likely N-dealkylation sites (N-methyl/N-ethyl adjacent to an activating group) is 1. The summed E-state index contributed by atoms with van der Waals surface area (Å²) in [4.78, 5) is 35.6. The number of benzene rings is 1. The Morgan fingerprint density at radius 2 is 2.00 bits per heavy atom. The molecule has 134 valence electrons. The van der Waals surface area contributed by atoms with Crippen LogP contribution < -0.4 is 0 Å². The molecule has 2 aromatic rings. The molecule has 10 heteroatoms. The van der Waals surface area contributed by atoms with Crippen LogP contribution in [0.2, 0.25) is 10.0 Å². The lowest BCUT2D eigenvalue weighted by Gasteiger charge is -2.06. The maximum absolute atomic E-state index is 12.1. The summed E-state index contributed by atoms with van der Waals surface area (Å²) in [5.74, 6) is 0.201. The molecule has 1 aliphatic heterocycles. The average Bonchev–Trinajstić information content (AvgIpc) is 3.12. The summed E-state index contributed by atoms with van der Waals surface area (Å²) in [6.45, 7) is 2.00. The molecule has 0 saturated carbocycles. The minimum absolute atomic E-state index is 0.0798. The number of furan rings is 1. The zero-order chi connectivity index (χ0) is 19.0. The fraction of sp³-hybridized carbons (Fsp3) is 0.125. The Morgan fingerprint density at radius 3 is 2.62 bits per heavy atom. The molecule has 1 aromatic heterocycles. The van der Waals surface area contributed by atoms with Gasteiger partial charge in [0.1, 0.15) is 16.5 Å². The van der Waals surface area contributed by atoms with Crippen molar-refractivity contribution in [3.63, 3.8) is 0 Å². The lowest BCUT2D eigenvalue weighted by atomic mass is 10.1. The first-order valence-electron chi connectivity index (χ1n) is 7.30. The summed E-state index contributed by atoms with van der Waals surface area (Å²) in [6.07, 6.45) is 1.45. The number of thioether (sulfide) groups is 1. The van der Waals surface area contributed by atoms with Crippen molar-refractivity contribution in [2.24, 2.45) is 0 Å². The highest BCUT2D eigenvalue weighted by Crippen LogP contribution is 2.38. The molecule has 1 aliphatic rings. The van der Waals surface area contributed by atoms with E-state index in [1.54, 1.807) is 19.1 Å². The number of carbonyl (C=O) groups is 2. The summed E-state index contributed by atoms with van der Waals surface area (Å²) in [5.41, 5.74) is -0.00263. The topological polar surface area (TPSA) is 93.7 Å². The first kappa shape index (κ1) is 18.5. The van der Waals surface area contributed by atoms with Gasteiger partial charge in [-0.15, -0.1) is 0 Å². The third-order valence-corrected chi connectivity index (χ3v) is 5.11. The second-order valence-corrected chi connectivity index (χ2v) is 6.98. The molecule has 0 N–H and O–H groups in total. The van der Waals surface area contributed by atoms with E-state index in [1.807, 2.05) is 0 Å². The largest absolute Gasteiger partial charge is 0.457 e. The molecule has 7 nitrogen and oxygen atoms in total. The molecule has 1 saturated heterocycles. The van der Waals surface area contributed by atoms with E-state index in [2.05, 4.69) is 0 Å². The molecular weight excluding hydrogens is 403 g/mol. The normalized spacial score (nSPS) is 16.0. The number of hydrogen-bond acceptors (Lipinski definition) is 6. The van der Waals surface area contributed by atoms with Gasteiger partial charge in [-0.2, -0.15) is 0 Å². The third-order valence-electron chi connectivity index (χ3n) is 3.59. The molecule has 0 spiro atoms. The Bertz CT molecular complexity index is 970. The van der Waals surface area contributed by atoms with Crippen molar-refractivity contribution in [1.29, 1.82) is 0 Å². The van der Waals surface area contributed by atoms with Crippen LogP contribution in [0.4, 0.5) is 10.5 Å². The molecule has 3 rings (SSSR count). The Kier molecular flexibility index (Phi) is 5.08. The number of halogens is 2. The lowest BCUT2D eigenvalue weighted by Crippen LogP contribution is -2.27. The monoisotopic (exact) mass is 412 g/mol. The van der Waals surface area contributed by atoms with Crippen molar-refractivity contribution in [2.45, 2.75) is 6.92 Å². The lowest BCUT2D eigenvalue weighted by molar-refractivity contribution is -0.384. The van der Waals surface area contributed by atoms with Crippen molar-refractivity contribution in [3.05, 3.63) is 55.1 Å². The molecule has 2 heterocycles. The molecule has 2 amide bonds. The van der Waals surface area contributed by atoms with E-state index in [4.69, 9.17) is 27.6 Å². The van der Waals surface area contributed by atoms with Gasteiger partial charge in [-0.05, 0) is 36.9 Å². The van der Waals surface area contributed by atoms with Gasteiger partial charge in [-0.25, -0.2) is 0 Å². The fourth-order valence-electron chi connectivity index (χ4n) is 2.34. The number of rotatable bonds is 4. The van der Waals surface area contributed by atoms with Gasteiger partial charge in [0.2, 0.25) is 0 Å². The third kappa shape index (κ3) is 3.35. The molecular formula is C16H10Cl2N2O5S. The maximum atomic E-state index is 12.1. The number of nitro groups is 1. The molecule has 1 fully saturated rings. The quantitative estimate of drug-likeness (QED) is 0.388. The van der Waals surface area contributed by atoms with Gasteiger partial charge in [0.25, 0.3) is 16.8 Å². The van der Waals surface area contributed by atoms with Crippen LogP contribution in [-0.2, 0) is 4.79 Å². The Morgan fingerprint density at radius 1 is 1.27 bits per heavy atom. The number of nitro benzene ring substituents is 1. The van der Waals surface area contributed by atoms with E-state index in [-0.39, 0.29) is 44.1 Å². The minimum Gasteiger partial charge on any atom is -0.457 e. The summed E-state index contributed by atoms with van der Waals surface area (Å²) in [5, 5.41) is 10.8. The number of nitrogens with zero attached hydrogens (tertiary/aromatic N) is 2. The predicted octanol–water partition coefficient (Wildman–Crippen LogP) is 5.22. The van der Waals surface area contributed by atoms with Gasteiger partial charge < -0.3 is 4.42 Å². The number of carbonyl (C=O) groups excluding carboxylic acids is 2.